The molecule has 3 rings (SSSR count). The van der Waals surface area contributed by atoms with E-state index in [1.165, 1.54) is 0 Å². The number of ether oxygens (including phenoxy) is 2. The molecule has 152 valence electrons. The van der Waals surface area contributed by atoms with Crippen molar-refractivity contribution in [2.45, 2.75) is 5.92 Å². The molecule has 0 bridgehead atoms. The van der Waals surface area contributed by atoms with Crippen LogP contribution in [0.2, 0.25) is 0 Å². The molecule has 1 aromatic heterocycles. The van der Waals surface area contributed by atoms with Gasteiger partial charge in [-0.1, -0.05) is 30.3 Å². The molecule has 2 aromatic carbocycles. The second-order valence-electron chi connectivity index (χ2n) is 5.76. The minimum atomic E-state index is -0.0297. The van der Waals surface area contributed by atoms with E-state index in [1.807, 2.05) is 66.7 Å². The molecule has 0 saturated heterocycles. The summed E-state index contributed by atoms with van der Waals surface area (Å²) in [6.45, 7) is 0.273. The SMILES string of the molecule is [Au+].[Au+].[C-]#CCOc1ccc(C(c2ccc(OCC#[C-])cc2)c2ccccn2)cc1. The summed E-state index contributed by atoms with van der Waals surface area (Å²) in [6, 6.07) is 21.5. The number of rotatable bonds is 7. The van der Waals surface area contributed by atoms with Gasteiger partial charge in [0.15, 0.2) is 0 Å². The Kier molecular flexibility index (Phi) is 11.2. The van der Waals surface area contributed by atoms with Crippen LogP contribution >= 0.6 is 0 Å². The molecule has 0 unspecified atom stereocenters. The molecule has 0 N–H and O–H groups in total. The fourth-order valence-corrected chi connectivity index (χ4v) is 2.83. The van der Waals surface area contributed by atoms with Crippen molar-refractivity contribution in [1.82, 2.24) is 4.98 Å². The molecule has 0 aliphatic heterocycles. The standard InChI is InChI=1S/C24H17NO2.2Au/c1-3-17-26-21-12-8-19(9-13-21)24(23-7-5-6-16-25-23)20-10-14-22(15-11-20)27-18-4-2;;/h5-16,24H,17-18H2;;/q-2;2*+1. The average molecular weight is 745 g/mol. The first-order chi connectivity index (χ1) is 13.3. The second-order valence-corrected chi connectivity index (χ2v) is 5.76. The Morgan fingerprint density at radius 1 is 0.724 bits per heavy atom. The molecule has 0 spiro atoms. The molecule has 29 heavy (non-hydrogen) atoms. The van der Waals surface area contributed by atoms with Gasteiger partial charge in [0.2, 0.25) is 0 Å². The fourth-order valence-electron chi connectivity index (χ4n) is 2.83. The van der Waals surface area contributed by atoms with Crippen molar-refractivity contribution >= 4 is 0 Å². The molecule has 0 atom stereocenters. The molecule has 3 aromatic rings. The summed E-state index contributed by atoms with van der Waals surface area (Å²) in [5.74, 6) is 5.80. The quantitative estimate of drug-likeness (QED) is 0.207. The molecule has 0 fully saturated rings. The second kappa shape index (κ2) is 13.1. The van der Waals surface area contributed by atoms with Gasteiger partial charge in [0.25, 0.3) is 0 Å². The summed E-state index contributed by atoms with van der Waals surface area (Å²) in [7, 11) is 0. The smallest absolute Gasteiger partial charge is 0.690 e. The molecular weight excluding hydrogens is 728 g/mol. The third-order valence-corrected chi connectivity index (χ3v) is 4.03. The van der Waals surface area contributed by atoms with Crippen LogP contribution in [0.25, 0.3) is 0 Å². The number of aromatic nitrogens is 1. The summed E-state index contributed by atoms with van der Waals surface area (Å²) in [4.78, 5) is 4.54. The Bertz CT molecular complexity index is 882. The van der Waals surface area contributed by atoms with Crippen molar-refractivity contribution in [2.24, 2.45) is 0 Å². The van der Waals surface area contributed by atoms with Gasteiger partial charge in [-0.15, -0.1) is 0 Å². The molecule has 0 aliphatic rings. The van der Waals surface area contributed by atoms with E-state index >= 15 is 0 Å². The third kappa shape index (κ3) is 6.96. The van der Waals surface area contributed by atoms with Crippen molar-refractivity contribution in [3.63, 3.8) is 0 Å². The summed E-state index contributed by atoms with van der Waals surface area (Å²) < 4.78 is 10.8. The van der Waals surface area contributed by atoms with Crippen LogP contribution in [0.3, 0.4) is 0 Å². The zero-order valence-electron chi connectivity index (χ0n) is 15.3. The van der Waals surface area contributed by atoms with Gasteiger partial charge < -0.3 is 34.2 Å². The van der Waals surface area contributed by atoms with Crippen molar-refractivity contribution in [3.05, 3.63) is 103 Å². The van der Waals surface area contributed by atoms with E-state index in [4.69, 9.17) is 22.3 Å². The predicted octanol–water partition coefficient (Wildman–Crippen LogP) is 4.19. The van der Waals surface area contributed by atoms with Gasteiger partial charge in [-0.2, -0.15) is 0 Å². The molecule has 3 nitrogen and oxygen atoms in total. The first-order valence-electron chi connectivity index (χ1n) is 8.47. The van der Waals surface area contributed by atoms with E-state index in [-0.39, 0.29) is 63.9 Å². The Hall–Kier alpha value is -2.21. The topological polar surface area (TPSA) is 31.4 Å². The van der Waals surface area contributed by atoms with E-state index in [0.29, 0.717) is 11.5 Å². The van der Waals surface area contributed by atoms with Crippen LogP contribution < -0.4 is 9.47 Å². The van der Waals surface area contributed by atoms with Crippen LogP contribution in [-0.2, 0) is 44.8 Å². The van der Waals surface area contributed by atoms with Gasteiger partial charge in [-0.05, 0) is 47.5 Å². The van der Waals surface area contributed by atoms with Gasteiger partial charge in [-0.3, -0.25) is 4.98 Å². The van der Waals surface area contributed by atoms with E-state index in [2.05, 4.69) is 16.8 Å². The van der Waals surface area contributed by atoms with Gasteiger partial charge in [-0.25, -0.2) is 0 Å². The van der Waals surface area contributed by atoms with Crippen LogP contribution in [0.1, 0.15) is 22.7 Å². The minimum Gasteiger partial charge on any atom is -0.690 e. The molecule has 0 aliphatic carbocycles. The maximum absolute atomic E-state index is 6.94. The predicted molar refractivity (Wildman–Crippen MR) is 103 cm³/mol. The van der Waals surface area contributed by atoms with Gasteiger partial charge in [0.05, 0.1) is 11.6 Å². The first kappa shape index (κ1) is 24.8. The summed E-state index contributed by atoms with van der Waals surface area (Å²) in [6.07, 6.45) is 15.7. The van der Waals surface area contributed by atoms with Crippen LogP contribution in [0.5, 0.6) is 11.5 Å². The number of hydrogen-bond donors (Lipinski definition) is 0. The fraction of sp³-hybridized carbons (Fsp3) is 0.125. The Morgan fingerprint density at radius 3 is 1.59 bits per heavy atom. The van der Waals surface area contributed by atoms with Crippen molar-refractivity contribution < 1.29 is 54.2 Å². The van der Waals surface area contributed by atoms with Crippen molar-refractivity contribution in [3.8, 4) is 23.3 Å². The maximum atomic E-state index is 6.94. The minimum absolute atomic E-state index is 0. The first-order valence-corrected chi connectivity index (χ1v) is 8.47. The monoisotopic (exact) mass is 745 g/mol. The van der Waals surface area contributed by atoms with Crippen molar-refractivity contribution in [1.29, 1.82) is 0 Å². The number of benzene rings is 2. The average Bonchev–Trinajstić information content (AvgIpc) is 2.73. The number of nitrogens with zero attached hydrogens (tertiary/aromatic N) is 1. The molecule has 0 saturated carbocycles. The van der Waals surface area contributed by atoms with E-state index in [1.54, 1.807) is 6.20 Å². The van der Waals surface area contributed by atoms with Gasteiger partial charge in [0.1, 0.15) is 24.7 Å². The van der Waals surface area contributed by atoms with E-state index in [0.717, 1.165) is 16.8 Å². The maximum Gasteiger partial charge on any atom is 1.00 e. The van der Waals surface area contributed by atoms with E-state index in [9.17, 15) is 0 Å². The van der Waals surface area contributed by atoms with Crippen LogP contribution in [0, 0.1) is 24.7 Å². The number of hydrogen-bond acceptors (Lipinski definition) is 3. The van der Waals surface area contributed by atoms with Gasteiger partial charge in [0, 0.05) is 6.20 Å². The van der Waals surface area contributed by atoms with E-state index < -0.39 is 0 Å². The summed E-state index contributed by atoms with van der Waals surface area (Å²) >= 11 is 0. The molecule has 1 heterocycles. The zero-order chi connectivity index (χ0) is 18.9. The summed E-state index contributed by atoms with van der Waals surface area (Å²) in [5.41, 5.74) is 3.11. The molecular formula is C24H17Au2NO2. The van der Waals surface area contributed by atoms with Crippen molar-refractivity contribution in [2.75, 3.05) is 13.2 Å². The molecule has 0 radical (unpaired) electrons. The van der Waals surface area contributed by atoms with Crippen LogP contribution in [0.4, 0.5) is 0 Å². The summed E-state index contributed by atoms with van der Waals surface area (Å²) in [5, 5.41) is 0. The zero-order valence-corrected chi connectivity index (χ0v) is 19.6. The number of pyridine rings is 1. The Labute approximate surface area is 203 Å². The third-order valence-electron chi connectivity index (χ3n) is 4.03. The van der Waals surface area contributed by atoms with Gasteiger partial charge >= 0.3 is 44.8 Å². The normalized spacial score (nSPS) is 9.34. The largest absolute Gasteiger partial charge is 1.00 e. The Morgan fingerprint density at radius 2 is 1.21 bits per heavy atom. The molecule has 5 heteroatoms. The van der Waals surface area contributed by atoms with Crippen LogP contribution in [0.15, 0.2) is 72.9 Å². The van der Waals surface area contributed by atoms with Crippen LogP contribution in [-0.4, -0.2) is 18.2 Å². The Balaban J connectivity index is 0.00000210. The molecule has 0 amide bonds.